The summed E-state index contributed by atoms with van der Waals surface area (Å²) in [5, 5.41) is 2.95. The molecule has 222 valence electrons. The Kier molecular flexibility index (Phi) is 10.8. The lowest BCUT2D eigenvalue weighted by molar-refractivity contribution is -0.127. The number of aromatic nitrogens is 1. The molecule has 0 atom stereocenters. The van der Waals surface area contributed by atoms with Gasteiger partial charge in [-0.05, 0) is 69.9 Å². The number of hydrogen-bond donors (Lipinski definition) is 2. The van der Waals surface area contributed by atoms with Gasteiger partial charge in [0.2, 0.25) is 5.91 Å². The Morgan fingerprint density at radius 2 is 1.83 bits per heavy atom. The second-order valence-corrected chi connectivity index (χ2v) is 11.8. The van der Waals surface area contributed by atoms with Gasteiger partial charge >= 0.3 is 0 Å². The van der Waals surface area contributed by atoms with Crippen molar-refractivity contribution >= 4 is 33.4 Å². The number of anilines is 1. The lowest BCUT2D eigenvalue weighted by Gasteiger charge is -2.40. The summed E-state index contributed by atoms with van der Waals surface area (Å²) in [6, 6.07) is 6.07. The van der Waals surface area contributed by atoms with Gasteiger partial charge in [-0.3, -0.25) is 19.3 Å². The van der Waals surface area contributed by atoms with E-state index in [4.69, 9.17) is 4.74 Å². The number of benzene rings is 1. The quantitative estimate of drug-likeness (QED) is 0.412. The Hall–Kier alpha value is -2.95. The Bertz CT molecular complexity index is 1330. The fraction of sp³-hybridized carbons (Fsp3) is 0.516. The predicted molar refractivity (Wildman–Crippen MR) is 166 cm³/mol. The zero-order valence-electron chi connectivity index (χ0n) is 24.6. The Morgan fingerprint density at radius 1 is 1.12 bits per heavy atom. The predicted octanol–water partition coefficient (Wildman–Crippen LogP) is 3.70. The maximum atomic E-state index is 13.3. The van der Waals surface area contributed by atoms with Crippen LogP contribution in [0.4, 0.5) is 5.69 Å². The molecule has 2 saturated heterocycles. The van der Waals surface area contributed by atoms with Crippen molar-refractivity contribution in [2.24, 2.45) is 0 Å². The lowest BCUT2D eigenvalue weighted by atomic mass is 9.99. The molecule has 0 spiro atoms. The normalized spacial score (nSPS) is 16.8. The third-order valence-electron chi connectivity index (χ3n) is 8.10. The fourth-order valence-corrected chi connectivity index (χ4v) is 6.22. The smallest absolute Gasteiger partial charge is 0.253 e. The van der Waals surface area contributed by atoms with E-state index in [1.807, 2.05) is 43.9 Å². The molecule has 9 nitrogen and oxygen atoms in total. The second kappa shape index (κ2) is 14.3. The SMILES string of the molecule is CCN(c1cc(Br)cc(C(=O)NCc2c(C)cc(C)[nH]c2=O)c1C)C1CCN(C(=O)/C=C/CN2CCOCC2)CC1. The summed E-state index contributed by atoms with van der Waals surface area (Å²) in [5.74, 6) is -0.148. The van der Waals surface area contributed by atoms with Crippen LogP contribution in [0.15, 0.2) is 39.6 Å². The topological polar surface area (TPSA) is 98.0 Å². The number of aryl methyl sites for hydroxylation is 2. The van der Waals surface area contributed by atoms with Gasteiger partial charge in [-0.2, -0.15) is 0 Å². The minimum absolute atomic E-state index is 0.0694. The summed E-state index contributed by atoms with van der Waals surface area (Å²) in [6.07, 6.45) is 5.40. The molecule has 0 bridgehead atoms. The van der Waals surface area contributed by atoms with Gasteiger partial charge in [0, 0.05) is 84.9 Å². The number of piperidine rings is 1. The van der Waals surface area contributed by atoms with Gasteiger partial charge in [0.1, 0.15) is 0 Å². The van der Waals surface area contributed by atoms with Crippen LogP contribution in [-0.4, -0.2) is 85.1 Å². The minimum atomic E-state index is -0.218. The number of nitrogens with zero attached hydrogens (tertiary/aromatic N) is 3. The molecule has 10 heteroatoms. The third-order valence-corrected chi connectivity index (χ3v) is 8.56. The molecule has 41 heavy (non-hydrogen) atoms. The first kappa shape index (κ1) is 31.0. The first-order chi connectivity index (χ1) is 19.7. The summed E-state index contributed by atoms with van der Waals surface area (Å²) >= 11 is 3.61. The number of nitrogens with one attached hydrogen (secondary N) is 2. The van der Waals surface area contributed by atoms with Crippen LogP contribution in [-0.2, 0) is 16.1 Å². The standard InChI is InChI=1S/C31H42BrN5O4/c1-5-37(25-8-11-36(12-9-25)29(38)7-6-10-35-13-15-41-16-14-35)28-19-24(32)18-26(23(28)4)30(39)33-20-27-21(2)17-22(3)34-31(27)40/h6-7,17-19,25H,5,8-16,20H2,1-4H3,(H,33,39)(H,34,40)/b7-6+. The van der Waals surface area contributed by atoms with Crippen molar-refractivity contribution in [1.82, 2.24) is 20.1 Å². The first-order valence-electron chi connectivity index (χ1n) is 14.5. The number of morpholine rings is 1. The number of carbonyl (C=O) groups is 2. The van der Waals surface area contributed by atoms with E-state index in [0.29, 0.717) is 24.2 Å². The number of likely N-dealkylation sites (tertiary alicyclic amines) is 1. The molecule has 1 aromatic heterocycles. The number of halogens is 1. The molecule has 2 fully saturated rings. The van der Waals surface area contributed by atoms with Gasteiger partial charge in [0.25, 0.3) is 11.5 Å². The van der Waals surface area contributed by atoms with E-state index in [1.165, 1.54) is 0 Å². The number of amides is 2. The van der Waals surface area contributed by atoms with Crippen molar-refractivity contribution in [2.75, 3.05) is 57.4 Å². The number of hydrogen-bond acceptors (Lipinski definition) is 6. The van der Waals surface area contributed by atoms with Gasteiger partial charge < -0.3 is 24.8 Å². The zero-order valence-corrected chi connectivity index (χ0v) is 26.2. The highest BCUT2D eigenvalue weighted by Gasteiger charge is 2.28. The van der Waals surface area contributed by atoms with E-state index in [-0.39, 0.29) is 30.0 Å². The van der Waals surface area contributed by atoms with Gasteiger partial charge in [-0.15, -0.1) is 0 Å². The van der Waals surface area contributed by atoms with Crippen molar-refractivity contribution in [3.63, 3.8) is 0 Å². The average molecular weight is 629 g/mol. The number of pyridine rings is 1. The zero-order chi connectivity index (χ0) is 29.5. The molecular weight excluding hydrogens is 586 g/mol. The third kappa shape index (κ3) is 7.87. The van der Waals surface area contributed by atoms with Crippen LogP contribution in [0.1, 0.15) is 52.5 Å². The Morgan fingerprint density at radius 3 is 2.49 bits per heavy atom. The molecule has 0 aliphatic carbocycles. The number of rotatable bonds is 9. The molecule has 0 saturated carbocycles. The summed E-state index contributed by atoms with van der Waals surface area (Å²) in [6.45, 7) is 14.3. The molecule has 4 rings (SSSR count). The number of H-pyrrole nitrogens is 1. The maximum Gasteiger partial charge on any atom is 0.253 e. The molecular formula is C31H42BrN5O4. The van der Waals surface area contributed by atoms with Crippen molar-refractivity contribution in [3.05, 3.63) is 73.1 Å². The highest BCUT2D eigenvalue weighted by molar-refractivity contribution is 9.10. The highest BCUT2D eigenvalue weighted by Crippen LogP contribution is 2.32. The molecule has 2 amide bonds. The van der Waals surface area contributed by atoms with Gasteiger partial charge in [0.05, 0.1) is 13.2 Å². The first-order valence-corrected chi connectivity index (χ1v) is 15.3. The summed E-state index contributed by atoms with van der Waals surface area (Å²) < 4.78 is 6.21. The van der Waals surface area contributed by atoms with Gasteiger partial charge in [-0.25, -0.2) is 0 Å². The molecule has 0 unspecified atom stereocenters. The average Bonchev–Trinajstić information content (AvgIpc) is 2.95. The molecule has 3 heterocycles. The summed E-state index contributed by atoms with van der Waals surface area (Å²) in [4.78, 5) is 47.9. The van der Waals surface area contributed by atoms with Crippen molar-refractivity contribution in [3.8, 4) is 0 Å². The van der Waals surface area contributed by atoms with Crippen molar-refractivity contribution in [2.45, 2.75) is 53.1 Å². The minimum Gasteiger partial charge on any atom is -0.379 e. The fourth-order valence-electron chi connectivity index (χ4n) is 5.78. The van der Waals surface area contributed by atoms with E-state index in [9.17, 15) is 14.4 Å². The van der Waals surface area contributed by atoms with Crippen molar-refractivity contribution < 1.29 is 14.3 Å². The van der Waals surface area contributed by atoms with E-state index >= 15 is 0 Å². The number of aromatic amines is 1. The van der Waals surface area contributed by atoms with Crippen LogP contribution < -0.4 is 15.8 Å². The number of ether oxygens (including phenoxy) is 1. The van der Waals surface area contributed by atoms with E-state index in [2.05, 4.69) is 49.0 Å². The Labute approximate surface area is 251 Å². The molecule has 2 aliphatic rings. The maximum absolute atomic E-state index is 13.3. The molecule has 2 aromatic rings. The van der Waals surface area contributed by atoms with Crippen molar-refractivity contribution in [1.29, 1.82) is 0 Å². The molecule has 2 N–H and O–H groups in total. The van der Waals surface area contributed by atoms with E-state index in [0.717, 1.165) is 79.2 Å². The largest absolute Gasteiger partial charge is 0.379 e. The summed E-state index contributed by atoms with van der Waals surface area (Å²) in [7, 11) is 0. The Balaban J connectivity index is 1.39. The molecule has 1 aromatic carbocycles. The number of carbonyl (C=O) groups excluding carboxylic acids is 2. The highest BCUT2D eigenvalue weighted by atomic mass is 79.9. The van der Waals surface area contributed by atoms with Crippen LogP contribution in [0, 0.1) is 20.8 Å². The van der Waals surface area contributed by atoms with Crippen LogP contribution in [0.5, 0.6) is 0 Å². The van der Waals surface area contributed by atoms with Crippen LogP contribution in [0.25, 0.3) is 0 Å². The molecule has 0 radical (unpaired) electrons. The molecule has 2 aliphatic heterocycles. The van der Waals surface area contributed by atoms with Crippen LogP contribution in [0.3, 0.4) is 0 Å². The van der Waals surface area contributed by atoms with E-state index < -0.39 is 0 Å². The van der Waals surface area contributed by atoms with Gasteiger partial charge in [-0.1, -0.05) is 22.0 Å². The monoisotopic (exact) mass is 627 g/mol. The van der Waals surface area contributed by atoms with Crippen LogP contribution in [0.2, 0.25) is 0 Å². The van der Waals surface area contributed by atoms with E-state index in [1.54, 1.807) is 6.08 Å². The second-order valence-electron chi connectivity index (χ2n) is 10.9. The van der Waals surface area contributed by atoms with Gasteiger partial charge in [0.15, 0.2) is 0 Å². The van der Waals surface area contributed by atoms with Crippen LogP contribution >= 0.6 is 15.9 Å². The summed E-state index contributed by atoms with van der Waals surface area (Å²) in [5.41, 5.74) is 4.51. The lowest BCUT2D eigenvalue weighted by Crippen LogP contribution is -2.47.